The molecule has 7 heteroatoms. The van der Waals surface area contributed by atoms with E-state index >= 15 is 0 Å². The fourth-order valence-corrected chi connectivity index (χ4v) is 1.84. The first-order chi connectivity index (χ1) is 9.50. The Morgan fingerprint density at radius 2 is 1.95 bits per heavy atom. The lowest BCUT2D eigenvalue weighted by Crippen LogP contribution is -2.21. The van der Waals surface area contributed by atoms with E-state index in [2.05, 4.69) is 0 Å². The number of non-ortho nitro benzene ring substituents is 1. The van der Waals surface area contributed by atoms with Crippen molar-refractivity contribution < 1.29 is 19.6 Å². The van der Waals surface area contributed by atoms with Crippen molar-refractivity contribution in [2.24, 2.45) is 0 Å². The highest BCUT2D eigenvalue weighted by Gasteiger charge is 2.17. The first-order valence-electron chi connectivity index (χ1n) is 5.66. The third-order valence-electron chi connectivity index (χ3n) is 2.71. The van der Waals surface area contributed by atoms with Crippen LogP contribution in [0.4, 0.5) is 5.69 Å². The zero-order chi connectivity index (χ0) is 14.7. The normalized spacial score (nSPS) is 12.1. The Bertz CT molecular complexity index is 673. The molecule has 0 aliphatic rings. The third kappa shape index (κ3) is 2.80. The highest BCUT2D eigenvalue weighted by molar-refractivity contribution is 6.29. The number of carboxylic acids is 1. The lowest BCUT2D eigenvalue weighted by molar-refractivity contribution is -0.383. The summed E-state index contributed by atoms with van der Waals surface area (Å²) in [5, 5.41) is 19.4. The van der Waals surface area contributed by atoms with Gasteiger partial charge in [-0.3, -0.25) is 14.9 Å². The van der Waals surface area contributed by atoms with Gasteiger partial charge in [-0.1, -0.05) is 18.2 Å². The Balaban J connectivity index is 2.38. The van der Waals surface area contributed by atoms with Gasteiger partial charge in [-0.15, -0.1) is 11.6 Å². The van der Waals surface area contributed by atoms with Gasteiger partial charge in [0.05, 0.1) is 10.3 Å². The number of carboxylic acid groups (broad SMARTS) is 1. The molecular formula is C13H10ClNO5. The minimum Gasteiger partial charge on any atom is -0.491 e. The number of fused-ring (bicyclic) bond motifs is 1. The number of nitro groups is 1. The molecule has 0 fully saturated rings. The summed E-state index contributed by atoms with van der Waals surface area (Å²) in [6.07, 6.45) is 0. The molecule has 2 aromatic carbocycles. The summed E-state index contributed by atoms with van der Waals surface area (Å²) in [6, 6.07) is 9.43. The van der Waals surface area contributed by atoms with Gasteiger partial charge < -0.3 is 9.84 Å². The van der Waals surface area contributed by atoms with Gasteiger partial charge in [0, 0.05) is 11.5 Å². The number of alkyl halides is 1. The largest absolute Gasteiger partial charge is 0.491 e. The summed E-state index contributed by atoms with van der Waals surface area (Å²) in [5.41, 5.74) is -0.0337. The highest BCUT2D eigenvalue weighted by Crippen LogP contribution is 2.32. The quantitative estimate of drug-likeness (QED) is 0.520. The SMILES string of the molecule is O=C(O)C(Cl)COc1ccc([N+](=O)[O-])c2ccccc12. The zero-order valence-corrected chi connectivity index (χ0v) is 10.9. The van der Waals surface area contributed by atoms with E-state index in [4.69, 9.17) is 21.4 Å². The lowest BCUT2D eigenvalue weighted by Gasteiger charge is -2.10. The topological polar surface area (TPSA) is 89.7 Å². The lowest BCUT2D eigenvalue weighted by atomic mass is 10.1. The molecule has 20 heavy (non-hydrogen) atoms. The van der Waals surface area contributed by atoms with E-state index in [1.807, 2.05) is 0 Å². The number of nitro benzene ring substituents is 1. The van der Waals surface area contributed by atoms with Crippen LogP contribution in [0, 0.1) is 10.1 Å². The second kappa shape index (κ2) is 5.75. The Kier molecular flexibility index (Phi) is 4.05. The van der Waals surface area contributed by atoms with Crippen molar-refractivity contribution in [3.63, 3.8) is 0 Å². The second-order valence-electron chi connectivity index (χ2n) is 4.00. The Labute approximate surface area is 118 Å². The second-order valence-corrected chi connectivity index (χ2v) is 4.53. The summed E-state index contributed by atoms with van der Waals surface area (Å²) >= 11 is 5.57. The van der Waals surface area contributed by atoms with Gasteiger partial charge >= 0.3 is 5.97 Å². The molecule has 0 heterocycles. The smallest absolute Gasteiger partial charge is 0.325 e. The molecule has 1 atom stereocenters. The van der Waals surface area contributed by atoms with Crippen LogP contribution in [-0.4, -0.2) is 28.0 Å². The van der Waals surface area contributed by atoms with Gasteiger partial charge in [-0.2, -0.15) is 0 Å². The van der Waals surface area contributed by atoms with Crippen molar-refractivity contribution in [1.82, 2.24) is 0 Å². The molecule has 1 N–H and O–H groups in total. The minimum absolute atomic E-state index is 0.0337. The van der Waals surface area contributed by atoms with Gasteiger partial charge in [0.25, 0.3) is 5.69 Å². The number of aliphatic carboxylic acids is 1. The van der Waals surface area contributed by atoms with Crippen molar-refractivity contribution >= 4 is 34.0 Å². The van der Waals surface area contributed by atoms with Crippen LogP contribution in [0.5, 0.6) is 5.75 Å². The van der Waals surface area contributed by atoms with Crippen LogP contribution in [0.25, 0.3) is 10.8 Å². The molecule has 2 aromatic rings. The van der Waals surface area contributed by atoms with Crippen molar-refractivity contribution in [1.29, 1.82) is 0 Å². The summed E-state index contributed by atoms with van der Waals surface area (Å²) in [7, 11) is 0. The van der Waals surface area contributed by atoms with Gasteiger partial charge in [-0.05, 0) is 12.1 Å². The van der Waals surface area contributed by atoms with Crippen LogP contribution in [-0.2, 0) is 4.79 Å². The predicted molar refractivity (Wildman–Crippen MR) is 73.4 cm³/mol. The Morgan fingerprint density at radius 1 is 1.30 bits per heavy atom. The number of halogens is 1. The molecule has 1 unspecified atom stereocenters. The number of hydrogen-bond acceptors (Lipinski definition) is 4. The van der Waals surface area contributed by atoms with E-state index in [9.17, 15) is 14.9 Å². The average Bonchev–Trinajstić information content (AvgIpc) is 2.43. The van der Waals surface area contributed by atoms with E-state index in [-0.39, 0.29) is 12.3 Å². The van der Waals surface area contributed by atoms with Gasteiger partial charge in [0.1, 0.15) is 12.4 Å². The van der Waals surface area contributed by atoms with E-state index < -0.39 is 16.3 Å². The monoisotopic (exact) mass is 295 g/mol. The number of ether oxygens (including phenoxy) is 1. The molecule has 0 aliphatic carbocycles. The Morgan fingerprint density at radius 3 is 2.55 bits per heavy atom. The van der Waals surface area contributed by atoms with Gasteiger partial charge in [-0.25, -0.2) is 0 Å². The third-order valence-corrected chi connectivity index (χ3v) is 3.02. The van der Waals surface area contributed by atoms with Crippen LogP contribution in [0.1, 0.15) is 0 Å². The Hall–Kier alpha value is -2.34. The van der Waals surface area contributed by atoms with E-state index in [1.54, 1.807) is 24.3 Å². The summed E-state index contributed by atoms with van der Waals surface area (Å²) in [6.45, 7) is -0.224. The van der Waals surface area contributed by atoms with Crippen molar-refractivity contribution in [3.8, 4) is 5.75 Å². The van der Waals surface area contributed by atoms with Crippen LogP contribution < -0.4 is 4.74 Å². The molecule has 2 rings (SSSR count). The van der Waals surface area contributed by atoms with Gasteiger partial charge in [0.2, 0.25) is 0 Å². The number of carbonyl (C=O) groups is 1. The maximum atomic E-state index is 10.9. The first-order valence-corrected chi connectivity index (χ1v) is 6.10. The molecule has 0 aromatic heterocycles. The van der Waals surface area contributed by atoms with Gasteiger partial charge in [0.15, 0.2) is 5.38 Å². The number of benzene rings is 2. The van der Waals surface area contributed by atoms with Crippen LogP contribution >= 0.6 is 11.6 Å². The first kappa shape index (κ1) is 14.1. The van der Waals surface area contributed by atoms with E-state index in [0.29, 0.717) is 16.5 Å². The molecule has 104 valence electrons. The highest BCUT2D eigenvalue weighted by atomic mass is 35.5. The number of rotatable bonds is 5. The summed E-state index contributed by atoms with van der Waals surface area (Å²) < 4.78 is 5.34. The molecule has 0 saturated carbocycles. The number of nitrogens with zero attached hydrogens (tertiary/aromatic N) is 1. The van der Waals surface area contributed by atoms with Crippen LogP contribution in [0.3, 0.4) is 0 Å². The van der Waals surface area contributed by atoms with Crippen molar-refractivity contribution in [3.05, 3.63) is 46.5 Å². The molecule has 6 nitrogen and oxygen atoms in total. The van der Waals surface area contributed by atoms with Crippen LogP contribution in [0.15, 0.2) is 36.4 Å². The summed E-state index contributed by atoms with van der Waals surface area (Å²) in [4.78, 5) is 21.1. The van der Waals surface area contributed by atoms with Crippen molar-refractivity contribution in [2.45, 2.75) is 5.38 Å². The maximum Gasteiger partial charge on any atom is 0.325 e. The molecule has 0 aliphatic heterocycles. The van der Waals surface area contributed by atoms with E-state index in [0.717, 1.165) is 0 Å². The minimum atomic E-state index is -1.18. The standard InChI is InChI=1S/C13H10ClNO5/c14-10(13(16)17)7-20-12-6-5-11(15(18)19)8-3-1-2-4-9(8)12/h1-6,10H,7H2,(H,16,17). The van der Waals surface area contributed by atoms with Crippen molar-refractivity contribution in [2.75, 3.05) is 6.61 Å². The zero-order valence-electron chi connectivity index (χ0n) is 10.2. The molecule has 0 saturated heterocycles. The molecule has 0 spiro atoms. The predicted octanol–water partition coefficient (Wildman–Crippen LogP) is 2.82. The number of hydrogen-bond donors (Lipinski definition) is 1. The van der Waals surface area contributed by atoms with E-state index in [1.165, 1.54) is 12.1 Å². The molecule has 0 radical (unpaired) electrons. The molecular weight excluding hydrogens is 286 g/mol. The van der Waals surface area contributed by atoms with Crippen LogP contribution in [0.2, 0.25) is 0 Å². The fraction of sp³-hybridized carbons (Fsp3) is 0.154. The average molecular weight is 296 g/mol. The molecule has 0 bridgehead atoms. The fourth-order valence-electron chi connectivity index (χ4n) is 1.77. The summed E-state index contributed by atoms with van der Waals surface area (Å²) in [5.74, 6) is -0.823. The molecule has 0 amide bonds. The maximum absolute atomic E-state index is 10.9.